The van der Waals surface area contributed by atoms with Crippen molar-refractivity contribution in [3.05, 3.63) is 194 Å². The summed E-state index contributed by atoms with van der Waals surface area (Å²) in [7, 11) is 0. The molecular formula is C54H32. The average molecular weight is 699 g/mol. The number of fused-ring (bicyclic) bond motifs is 1. The zero-order valence-corrected chi connectivity index (χ0v) is 28.1. The Morgan fingerprint density at radius 2 is 0.778 bits per heavy atom. The summed E-state index contributed by atoms with van der Waals surface area (Å²) in [6.07, 6.45) is 0. The predicted octanol–water partition coefficient (Wildman–Crippen LogP) is 15.3. The standard InChI is InChI=1S/C54H32/c1-2-9-34(10-3-1)52-48(42-21-16-33-8-4-5-11-41(33)30-42)31-43(44-26-22-39-19-17-35-12-6-14-37-24-28-46(44)53(39)50(35)37)32-49(52)45-27-23-40-20-18-36-13-7-15-38-25-29-47(45)54(40)51(36)38/h1-32H/i6D,7D,12D,13D,14D,15D,17D,18D,19D,20D,22D,23D,24D,25D,26D,27D,28D,29D. The summed E-state index contributed by atoms with van der Waals surface area (Å²) in [5, 5.41) is 0.0222. The van der Waals surface area contributed by atoms with Gasteiger partial charge in [-0.3, -0.25) is 0 Å². The van der Waals surface area contributed by atoms with Crippen molar-refractivity contribution in [2.45, 2.75) is 0 Å². The molecule has 12 aromatic rings. The van der Waals surface area contributed by atoms with Gasteiger partial charge in [0.25, 0.3) is 0 Å². The van der Waals surface area contributed by atoms with E-state index in [1.165, 1.54) is 0 Å². The van der Waals surface area contributed by atoms with Gasteiger partial charge < -0.3 is 0 Å². The third-order valence-corrected chi connectivity index (χ3v) is 10.4. The lowest BCUT2D eigenvalue weighted by atomic mass is 9.81. The molecule has 0 nitrogen and oxygen atoms in total. The highest BCUT2D eigenvalue weighted by atomic mass is 14.2. The summed E-state index contributed by atoms with van der Waals surface area (Å²) in [6.45, 7) is 0. The first kappa shape index (κ1) is 17.2. The van der Waals surface area contributed by atoms with Crippen LogP contribution < -0.4 is 0 Å². The van der Waals surface area contributed by atoms with Gasteiger partial charge in [0, 0.05) is 0 Å². The highest BCUT2D eigenvalue weighted by Gasteiger charge is 2.22. The first-order valence-corrected chi connectivity index (χ1v) is 17.4. The summed E-state index contributed by atoms with van der Waals surface area (Å²) in [4.78, 5) is 0. The van der Waals surface area contributed by atoms with E-state index in [1.54, 1.807) is 30.3 Å². The van der Waals surface area contributed by atoms with Crippen LogP contribution in [0.2, 0.25) is 0 Å². The summed E-state index contributed by atoms with van der Waals surface area (Å²) in [5.74, 6) is 0. The minimum atomic E-state index is -0.611. The number of hydrogen-bond acceptors (Lipinski definition) is 0. The topological polar surface area (TPSA) is 0 Å². The van der Waals surface area contributed by atoms with Gasteiger partial charge in [0.15, 0.2) is 0 Å². The largest absolute Gasteiger partial charge is 0.0630 e. The van der Waals surface area contributed by atoms with E-state index in [1.807, 2.05) is 54.6 Å². The second kappa shape index (κ2) is 11.2. The molecule has 12 aromatic carbocycles. The lowest BCUT2D eigenvalue weighted by Gasteiger charge is -2.22. The average Bonchev–Trinajstić information content (AvgIpc) is 3.37. The van der Waals surface area contributed by atoms with Crippen LogP contribution in [0.15, 0.2) is 194 Å². The monoisotopic (exact) mass is 698 g/mol. The molecule has 0 aromatic heterocycles. The number of hydrogen-bond donors (Lipinski definition) is 0. The predicted molar refractivity (Wildman–Crippen MR) is 233 cm³/mol. The Morgan fingerprint density at radius 1 is 0.278 bits per heavy atom. The van der Waals surface area contributed by atoms with Crippen LogP contribution in [0.1, 0.15) is 24.7 Å². The van der Waals surface area contributed by atoms with E-state index in [9.17, 15) is 13.7 Å². The second-order valence-corrected chi connectivity index (χ2v) is 13.4. The fourth-order valence-corrected chi connectivity index (χ4v) is 8.03. The van der Waals surface area contributed by atoms with Gasteiger partial charge >= 0.3 is 0 Å². The number of rotatable bonds is 4. The Balaban J connectivity index is 1.36. The Morgan fingerprint density at radius 3 is 1.43 bits per heavy atom. The van der Waals surface area contributed by atoms with Crippen molar-refractivity contribution in [1.82, 2.24) is 0 Å². The molecule has 0 unspecified atom stereocenters. The van der Waals surface area contributed by atoms with Crippen molar-refractivity contribution in [3.8, 4) is 44.5 Å². The number of benzene rings is 12. The van der Waals surface area contributed by atoms with E-state index >= 15 is 0 Å². The van der Waals surface area contributed by atoms with Crippen LogP contribution in [0.3, 0.4) is 0 Å². The second-order valence-electron chi connectivity index (χ2n) is 13.4. The highest BCUT2D eigenvalue weighted by Crippen LogP contribution is 2.49. The molecule has 54 heavy (non-hydrogen) atoms. The van der Waals surface area contributed by atoms with Crippen molar-refractivity contribution in [1.29, 1.82) is 0 Å². The first-order valence-electron chi connectivity index (χ1n) is 26.4. The Kier molecular flexibility index (Phi) is 3.58. The molecule has 0 radical (unpaired) electrons. The quantitative estimate of drug-likeness (QED) is 0.161. The van der Waals surface area contributed by atoms with Crippen LogP contribution in [0.4, 0.5) is 0 Å². The Hall–Kier alpha value is -7.02. The van der Waals surface area contributed by atoms with Crippen molar-refractivity contribution < 1.29 is 24.7 Å². The van der Waals surface area contributed by atoms with Crippen LogP contribution >= 0.6 is 0 Å². The van der Waals surface area contributed by atoms with Crippen LogP contribution in [0.25, 0.3) is 120 Å². The third-order valence-electron chi connectivity index (χ3n) is 10.4. The maximum Gasteiger partial charge on any atom is 0.0630 e. The molecule has 0 spiro atoms. The van der Waals surface area contributed by atoms with Gasteiger partial charge in [-0.15, -0.1) is 0 Å². The SMILES string of the molecule is [2H]c1c([2H])c2c([2H])c([2H])c3c([2H])c([2H])c(-c4cc(-c5ccc6ccccc6c5)c(-c5ccccc5)c(-c5c([2H])c([2H])c6c([2H])c([2H])c7c([2H])c([2H])c([2H])c8c([2H])c([2H])c5c6c78)c4)c4c([2H])c([2H])c(c1[2H])c2c34. The molecule has 0 heterocycles. The Bertz CT molecular complexity index is 4420. The molecule has 0 aliphatic carbocycles. The smallest absolute Gasteiger partial charge is 0.0622 e. The van der Waals surface area contributed by atoms with Gasteiger partial charge in [-0.2, -0.15) is 0 Å². The van der Waals surface area contributed by atoms with E-state index in [-0.39, 0.29) is 86.9 Å². The fourth-order valence-electron chi connectivity index (χ4n) is 8.03. The van der Waals surface area contributed by atoms with Crippen LogP contribution in [-0.4, -0.2) is 0 Å². The first-order chi connectivity index (χ1) is 34.3. The molecule has 0 amide bonds. The summed E-state index contributed by atoms with van der Waals surface area (Å²) >= 11 is 0. The van der Waals surface area contributed by atoms with Crippen LogP contribution in [0.5, 0.6) is 0 Å². The summed E-state index contributed by atoms with van der Waals surface area (Å²) < 4.78 is 167. The van der Waals surface area contributed by atoms with Crippen molar-refractivity contribution in [2.75, 3.05) is 0 Å². The Labute approximate surface area is 338 Å². The zero-order chi connectivity index (χ0) is 51.0. The van der Waals surface area contributed by atoms with E-state index in [2.05, 4.69) is 0 Å². The van der Waals surface area contributed by atoms with Gasteiger partial charge in [-0.05, 0) is 138 Å². The summed E-state index contributed by atoms with van der Waals surface area (Å²) in [5.41, 5.74) is 2.13. The molecule has 0 fully saturated rings. The lowest BCUT2D eigenvalue weighted by molar-refractivity contribution is 1.57. The summed E-state index contributed by atoms with van der Waals surface area (Å²) in [6, 6.07) is 15.9. The van der Waals surface area contributed by atoms with Gasteiger partial charge in [0.1, 0.15) is 0 Å². The molecule has 248 valence electrons. The van der Waals surface area contributed by atoms with Gasteiger partial charge in [0.05, 0.1) is 24.7 Å². The van der Waals surface area contributed by atoms with Gasteiger partial charge in [-0.25, -0.2) is 0 Å². The molecule has 0 aliphatic heterocycles. The molecule has 0 saturated heterocycles. The minimum Gasteiger partial charge on any atom is -0.0622 e. The molecule has 0 atom stereocenters. The van der Waals surface area contributed by atoms with Crippen molar-refractivity contribution in [3.63, 3.8) is 0 Å². The van der Waals surface area contributed by atoms with E-state index in [0.717, 1.165) is 10.8 Å². The van der Waals surface area contributed by atoms with Crippen LogP contribution in [-0.2, 0) is 0 Å². The third kappa shape index (κ3) is 4.26. The fraction of sp³-hybridized carbons (Fsp3) is 0. The van der Waals surface area contributed by atoms with E-state index in [0.29, 0.717) is 22.3 Å². The molecule has 0 heteroatoms. The molecule has 0 N–H and O–H groups in total. The van der Waals surface area contributed by atoms with E-state index < -0.39 is 109 Å². The lowest BCUT2D eigenvalue weighted by Crippen LogP contribution is -1.95. The highest BCUT2D eigenvalue weighted by molar-refractivity contribution is 6.27. The van der Waals surface area contributed by atoms with Crippen molar-refractivity contribution in [2.24, 2.45) is 0 Å². The minimum absolute atomic E-state index is 0.0223. The van der Waals surface area contributed by atoms with Gasteiger partial charge in [0.2, 0.25) is 0 Å². The molecule has 0 aliphatic rings. The molecule has 12 rings (SSSR count). The van der Waals surface area contributed by atoms with Crippen LogP contribution in [0, 0.1) is 0 Å². The molecule has 0 bridgehead atoms. The normalized spacial score (nSPS) is 16.7. The maximum absolute atomic E-state index is 9.94. The van der Waals surface area contributed by atoms with Crippen molar-refractivity contribution >= 4 is 75.4 Å². The maximum atomic E-state index is 9.94. The van der Waals surface area contributed by atoms with Gasteiger partial charge in [-0.1, -0.05) is 175 Å². The molecule has 0 saturated carbocycles. The zero-order valence-electron chi connectivity index (χ0n) is 46.1. The molecular weight excluding hydrogens is 649 g/mol. The van der Waals surface area contributed by atoms with E-state index in [4.69, 9.17) is 11.0 Å².